The summed E-state index contributed by atoms with van der Waals surface area (Å²) in [6, 6.07) is 5.29. The van der Waals surface area contributed by atoms with Crippen LogP contribution in [0.15, 0.2) is 40.2 Å². The minimum Gasteiger partial charge on any atom is -0.390 e. The molecule has 1 fully saturated rings. The lowest BCUT2D eigenvalue weighted by atomic mass is 10.2. The number of aromatic nitrogens is 4. The second-order valence-electron chi connectivity index (χ2n) is 7.23. The van der Waals surface area contributed by atoms with Gasteiger partial charge >= 0.3 is 0 Å². The van der Waals surface area contributed by atoms with E-state index in [0.717, 1.165) is 0 Å². The Labute approximate surface area is 171 Å². The lowest BCUT2D eigenvalue weighted by Crippen LogP contribution is -2.28. The molecule has 0 aliphatic heterocycles. The number of hydrogen-bond acceptors (Lipinski definition) is 9. The summed E-state index contributed by atoms with van der Waals surface area (Å²) in [4.78, 5) is 25.6. The van der Waals surface area contributed by atoms with Crippen molar-refractivity contribution in [3.05, 3.63) is 46.5 Å². The molecule has 1 aromatic carbocycles. The van der Waals surface area contributed by atoms with Crippen molar-refractivity contribution in [2.24, 2.45) is 5.14 Å². The lowest BCUT2D eigenvalue weighted by molar-refractivity contribution is 0.0438. The fourth-order valence-electron chi connectivity index (χ4n) is 3.56. The van der Waals surface area contributed by atoms with E-state index in [9.17, 15) is 23.4 Å². The van der Waals surface area contributed by atoms with Crippen LogP contribution in [0.3, 0.4) is 0 Å². The molecule has 0 spiro atoms. The normalized spacial score (nSPS) is 21.8. The van der Waals surface area contributed by atoms with Gasteiger partial charge in [0.25, 0.3) is 5.56 Å². The van der Waals surface area contributed by atoms with Gasteiger partial charge in [-0.2, -0.15) is 4.98 Å². The van der Waals surface area contributed by atoms with Crippen LogP contribution in [0.25, 0.3) is 11.2 Å². The molecular weight excluding hydrogens is 412 g/mol. The van der Waals surface area contributed by atoms with Gasteiger partial charge in [0, 0.05) is 11.7 Å². The first kappa shape index (κ1) is 20.3. The topological polar surface area (TPSA) is 173 Å². The summed E-state index contributed by atoms with van der Waals surface area (Å²) in [7, 11) is -3.80. The molecule has 5 N–H and O–H groups in total. The Morgan fingerprint density at radius 1 is 1.13 bits per heavy atom. The average molecular weight is 432 g/mol. The number of aliphatic hydroxyl groups is 2. The van der Waals surface area contributed by atoms with Crippen molar-refractivity contribution in [3.63, 3.8) is 0 Å². The predicted octanol–water partition coefficient (Wildman–Crippen LogP) is -0.0574. The standard InChI is InChI=1S/C18H20N6O5S/c1-9-17(27)24(11-6-14(25)15(26)7-11)16-13(21-9)8-20-18(23-16)22-10-2-4-12(5-3-10)30(19,28)29/h2-5,8,11,14-15,25-26H,6-7H2,1H3,(H2,19,28,29)(H,20,22,23). The van der Waals surface area contributed by atoms with Crippen LogP contribution < -0.4 is 16.0 Å². The van der Waals surface area contributed by atoms with E-state index in [1.165, 1.54) is 35.0 Å². The third-order valence-electron chi connectivity index (χ3n) is 5.07. The van der Waals surface area contributed by atoms with E-state index in [1.54, 1.807) is 6.92 Å². The molecule has 2 heterocycles. The van der Waals surface area contributed by atoms with Gasteiger partial charge in [0.2, 0.25) is 16.0 Å². The number of nitrogens with zero attached hydrogens (tertiary/aromatic N) is 4. The molecular formula is C18H20N6O5S. The van der Waals surface area contributed by atoms with Gasteiger partial charge in [-0.1, -0.05) is 0 Å². The van der Waals surface area contributed by atoms with Crippen LogP contribution in [0.1, 0.15) is 24.6 Å². The van der Waals surface area contributed by atoms with Gasteiger partial charge in [-0.25, -0.2) is 23.5 Å². The number of rotatable bonds is 4. The van der Waals surface area contributed by atoms with Crippen molar-refractivity contribution in [1.29, 1.82) is 0 Å². The summed E-state index contributed by atoms with van der Waals surface area (Å²) in [5.74, 6) is 0.170. The number of anilines is 2. The van der Waals surface area contributed by atoms with Gasteiger partial charge in [-0.3, -0.25) is 9.36 Å². The molecule has 158 valence electrons. The summed E-state index contributed by atoms with van der Waals surface area (Å²) in [5, 5.41) is 27.9. The third kappa shape index (κ3) is 3.77. The van der Waals surface area contributed by atoms with E-state index < -0.39 is 28.3 Å². The molecule has 0 amide bonds. The van der Waals surface area contributed by atoms with Gasteiger partial charge in [-0.15, -0.1) is 0 Å². The maximum atomic E-state index is 12.8. The predicted molar refractivity (Wildman–Crippen MR) is 108 cm³/mol. The molecule has 11 nitrogen and oxygen atoms in total. The summed E-state index contributed by atoms with van der Waals surface area (Å²) >= 11 is 0. The number of nitrogens with two attached hydrogens (primary N) is 1. The fourth-order valence-corrected chi connectivity index (χ4v) is 4.07. The number of sulfonamides is 1. The van der Waals surface area contributed by atoms with Crippen LogP contribution in [-0.4, -0.2) is 50.4 Å². The van der Waals surface area contributed by atoms with Crippen LogP contribution >= 0.6 is 0 Å². The van der Waals surface area contributed by atoms with Crippen molar-refractivity contribution in [3.8, 4) is 0 Å². The highest BCUT2D eigenvalue weighted by molar-refractivity contribution is 7.89. The Bertz CT molecular complexity index is 1260. The molecule has 1 saturated carbocycles. The maximum absolute atomic E-state index is 12.8. The van der Waals surface area contributed by atoms with Crippen LogP contribution in [0.4, 0.5) is 11.6 Å². The second kappa shape index (κ2) is 7.40. The summed E-state index contributed by atoms with van der Waals surface area (Å²) in [6.07, 6.45) is 0.0844. The smallest absolute Gasteiger partial charge is 0.273 e. The number of aryl methyl sites for hydroxylation is 1. The maximum Gasteiger partial charge on any atom is 0.273 e. The van der Waals surface area contributed by atoms with Crippen molar-refractivity contribution < 1.29 is 18.6 Å². The summed E-state index contributed by atoms with van der Waals surface area (Å²) < 4.78 is 24.2. The number of aliphatic hydroxyl groups excluding tert-OH is 2. The Morgan fingerprint density at radius 2 is 1.77 bits per heavy atom. The van der Waals surface area contributed by atoms with E-state index in [1.807, 2.05) is 0 Å². The largest absolute Gasteiger partial charge is 0.390 e. The zero-order chi connectivity index (χ0) is 21.6. The Hall–Kier alpha value is -2.93. The number of nitrogens with one attached hydrogen (secondary N) is 1. The van der Waals surface area contributed by atoms with Gasteiger partial charge in [-0.05, 0) is 44.0 Å². The van der Waals surface area contributed by atoms with Gasteiger partial charge in [0.15, 0.2) is 5.65 Å². The first-order valence-electron chi connectivity index (χ1n) is 9.15. The van der Waals surface area contributed by atoms with Crippen LogP contribution in [0.2, 0.25) is 0 Å². The molecule has 0 bridgehead atoms. The lowest BCUT2D eigenvalue weighted by Gasteiger charge is -2.17. The summed E-state index contributed by atoms with van der Waals surface area (Å²) in [6.45, 7) is 1.58. The SMILES string of the molecule is Cc1nc2cnc(Nc3ccc(S(N)(=O)=O)cc3)nc2n(C2CC(O)C(O)C2)c1=O. The zero-order valence-electron chi connectivity index (χ0n) is 15.9. The first-order valence-corrected chi connectivity index (χ1v) is 10.7. The Balaban J connectivity index is 1.74. The minimum absolute atomic E-state index is 0.0284. The molecule has 0 radical (unpaired) electrons. The molecule has 12 heteroatoms. The molecule has 30 heavy (non-hydrogen) atoms. The van der Waals surface area contributed by atoms with Gasteiger partial charge < -0.3 is 15.5 Å². The number of benzene rings is 1. The molecule has 2 atom stereocenters. The van der Waals surface area contributed by atoms with E-state index in [4.69, 9.17) is 5.14 Å². The molecule has 1 aliphatic carbocycles. The number of fused-ring (bicyclic) bond motifs is 1. The molecule has 2 aromatic heterocycles. The highest BCUT2D eigenvalue weighted by atomic mass is 32.2. The van der Waals surface area contributed by atoms with Gasteiger partial charge in [0.05, 0.1) is 23.3 Å². The highest BCUT2D eigenvalue weighted by Crippen LogP contribution is 2.31. The van der Waals surface area contributed by atoms with E-state index in [2.05, 4.69) is 20.3 Å². The quantitative estimate of drug-likeness (QED) is 0.440. The zero-order valence-corrected chi connectivity index (χ0v) is 16.7. The van der Waals surface area contributed by atoms with Crippen molar-refractivity contribution in [1.82, 2.24) is 19.5 Å². The van der Waals surface area contributed by atoms with E-state index in [-0.39, 0.29) is 40.6 Å². The van der Waals surface area contributed by atoms with E-state index >= 15 is 0 Å². The van der Waals surface area contributed by atoms with Gasteiger partial charge in [0.1, 0.15) is 11.2 Å². The second-order valence-corrected chi connectivity index (χ2v) is 8.79. The third-order valence-corrected chi connectivity index (χ3v) is 6.00. The van der Waals surface area contributed by atoms with Crippen molar-refractivity contribution >= 4 is 32.8 Å². The first-order chi connectivity index (χ1) is 14.1. The molecule has 0 saturated heterocycles. The Kier molecular flexibility index (Phi) is 5.02. The fraction of sp³-hybridized carbons (Fsp3) is 0.333. The number of primary sulfonamides is 1. The Morgan fingerprint density at radius 3 is 2.37 bits per heavy atom. The monoisotopic (exact) mass is 432 g/mol. The average Bonchev–Trinajstić information content (AvgIpc) is 3.01. The number of hydrogen-bond donors (Lipinski definition) is 4. The molecule has 2 unspecified atom stereocenters. The summed E-state index contributed by atoms with van der Waals surface area (Å²) in [5.41, 5.74) is 1.10. The van der Waals surface area contributed by atoms with E-state index in [0.29, 0.717) is 11.2 Å². The molecule has 3 aromatic rings. The highest BCUT2D eigenvalue weighted by Gasteiger charge is 2.34. The van der Waals surface area contributed by atoms with Crippen LogP contribution in [0.5, 0.6) is 0 Å². The van der Waals surface area contributed by atoms with Crippen molar-refractivity contribution in [2.75, 3.05) is 5.32 Å². The molecule has 1 aliphatic rings. The van der Waals surface area contributed by atoms with Crippen molar-refractivity contribution in [2.45, 2.75) is 42.9 Å². The molecule has 4 rings (SSSR count). The minimum atomic E-state index is -3.80. The van der Waals surface area contributed by atoms with Crippen LogP contribution in [-0.2, 0) is 10.0 Å². The van der Waals surface area contributed by atoms with Crippen LogP contribution in [0, 0.1) is 6.92 Å².